The number of H-pyrrole nitrogens is 1. The van der Waals surface area contributed by atoms with Gasteiger partial charge >= 0.3 is 0 Å². The first-order valence-corrected chi connectivity index (χ1v) is 9.88. The Morgan fingerprint density at radius 2 is 1.96 bits per heavy atom. The van der Waals surface area contributed by atoms with Gasteiger partial charge in [-0.15, -0.1) is 0 Å². The van der Waals surface area contributed by atoms with E-state index in [1.54, 1.807) is 6.07 Å². The van der Waals surface area contributed by atoms with Gasteiger partial charge in [0.05, 0.1) is 4.90 Å². The van der Waals surface area contributed by atoms with E-state index in [1.165, 1.54) is 44.5 Å². The number of hydrogen-bond donors (Lipinski definition) is 3. The van der Waals surface area contributed by atoms with Crippen LogP contribution in [0.25, 0.3) is 0 Å². The van der Waals surface area contributed by atoms with E-state index in [1.807, 2.05) is 6.07 Å². The number of sulfonamides is 1. The summed E-state index contributed by atoms with van der Waals surface area (Å²) in [5.41, 5.74) is 1.31. The minimum atomic E-state index is -3.59. The molecule has 0 bridgehead atoms. The average molecular weight is 362 g/mol. The Hall–Kier alpha value is -2.19. The van der Waals surface area contributed by atoms with Gasteiger partial charge in [-0.1, -0.05) is 25.3 Å². The summed E-state index contributed by atoms with van der Waals surface area (Å²) in [5.74, 6) is 0.526. The predicted molar refractivity (Wildman–Crippen MR) is 95.1 cm³/mol. The molecule has 3 rings (SSSR count). The molecular formula is C17H22N4O3S. The first-order valence-electron chi connectivity index (χ1n) is 8.40. The number of nitrogens with one attached hydrogen (secondary N) is 3. The van der Waals surface area contributed by atoms with Crippen LogP contribution in [0.3, 0.4) is 0 Å². The van der Waals surface area contributed by atoms with Crippen molar-refractivity contribution in [2.24, 2.45) is 0 Å². The number of rotatable bonds is 5. The molecule has 0 atom stereocenters. The van der Waals surface area contributed by atoms with Gasteiger partial charge < -0.3 is 5.32 Å². The fraction of sp³-hybridized carbons (Fsp3) is 0.412. The van der Waals surface area contributed by atoms with Crippen molar-refractivity contribution < 1.29 is 13.2 Å². The molecule has 1 fully saturated rings. The second kappa shape index (κ2) is 7.37. The smallest absolute Gasteiger partial charge is 0.256 e. The molecular weight excluding hydrogens is 340 g/mol. The van der Waals surface area contributed by atoms with Gasteiger partial charge in [0, 0.05) is 23.2 Å². The molecule has 0 aliphatic heterocycles. The average Bonchev–Trinajstić information content (AvgIpc) is 3.11. The molecule has 1 aliphatic rings. The normalized spacial score (nSPS) is 15.9. The van der Waals surface area contributed by atoms with Crippen molar-refractivity contribution >= 4 is 21.7 Å². The van der Waals surface area contributed by atoms with Gasteiger partial charge in [-0.05, 0) is 38.1 Å². The van der Waals surface area contributed by atoms with Crippen LogP contribution in [0.4, 0.5) is 5.82 Å². The van der Waals surface area contributed by atoms with E-state index in [-0.39, 0.29) is 10.5 Å². The maximum absolute atomic E-state index is 12.4. The third-order valence-electron chi connectivity index (χ3n) is 4.56. The summed E-state index contributed by atoms with van der Waals surface area (Å²) in [6, 6.07) is 7.76. The molecule has 0 spiro atoms. The van der Waals surface area contributed by atoms with Gasteiger partial charge in [0.25, 0.3) is 5.91 Å². The van der Waals surface area contributed by atoms with Crippen LogP contribution in [-0.4, -0.2) is 31.6 Å². The molecule has 1 amide bonds. The summed E-state index contributed by atoms with van der Waals surface area (Å²) in [4.78, 5) is 12.4. The molecule has 25 heavy (non-hydrogen) atoms. The number of carbonyl (C=O) groups excluding carboxylic acids is 1. The molecule has 1 aromatic heterocycles. The first-order chi connectivity index (χ1) is 12.0. The van der Waals surface area contributed by atoms with E-state index in [0.717, 1.165) is 18.5 Å². The van der Waals surface area contributed by atoms with Gasteiger partial charge in [0.2, 0.25) is 10.0 Å². The van der Waals surface area contributed by atoms with E-state index < -0.39 is 15.9 Å². The minimum Gasteiger partial charge on any atom is -0.305 e. The molecule has 1 saturated carbocycles. The van der Waals surface area contributed by atoms with Crippen LogP contribution in [0.5, 0.6) is 0 Å². The molecule has 0 unspecified atom stereocenters. The van der Waals surface area contributed by atoms with Gasteiger partial charge in [-0.3, -0.25) is 9.89 Å². The third kappa shape index (κ3) is 4.08. The van der Waals surface area contributed by atoms with E-state index in [9.17, 15) is 13.2 Å². The highest BCUT2D eigenvalue weighted by Crippen LogP contribution is 2.32. The Morgan fingerprint density at radius 1 is 1.20 bits per heavy atom. The molecule has 7 nitrogen and oxygen atoms in total. The van der Waals surface area contributed by atoms with Gasteiger partial charge in [0.1, 0.15) is 0 Å². The van der Waals surface area contributed by atoms with Crippen LogP contribution in [0.1, 0.15) is 54.1 Å². The lowest BCUT2D eigenvalue weighted by molar-refractivity contribution is 0.102. The molecule has 8 heteroatoms. The lowest BCUT2D eigenvalue weighted by atomic mass is 9.87. The van der Waals surface area contributed by atoms with E-state index >= 15 is 0 Å². The summed E-state index contributed by atoms with van der Waals surface area (Å²) in [7, 11) is -2.26. The number of aromatic nitrogens is 2. The lowest BCUT2D eigenvalue weighted by Crippen LogP contribution is -2.19. The van der Waals surface area contributed by atoms with Gasteiger partial charge in [0.15, 0.2) is 5.82 Å². The van der Waals surface area contributed by atoms with Crippen LogP contribution in [0.15, 0.2) is 35.2 Å². The van der Waals surface area contributed by atoms with Crippen LogP contribution >= 0.6 is 0 Å². The number of carbonyl (C=O) groups is 1. The molecule has 1 heterocycles. The Bertz CT molecular complexity index is 854. The molecule has 0 saturated heterocycles. The van der Waals surface area contributed by atoms with E-state index in [4.69, 9.17) is 0 Å². The fourth-order valence-corrected chi connectivity index (χ4v) is 3.91. The number of nitrogens with zero attached hydrogens (tertiary/aromatic N) is 1. The zero-order valence-electron chi connectivity index (χ0n) is 14.1. The Labute approximate surface area is 147 Å². The summed E-state index contributed by atoms with van der Waals surface area (Å²) in [6.45, 7) is 0. The third-order valence-corrected chi connectivity index (χ3v) is 5.97. The number of amides is 1. The first kappa shape index (κ1) is 17.6. The van der Waals surface area contributed by atoms with Crippen molar-refractivity contribution in [2.45, 2.75) is 42.9 Å². The molecule has 2 aromatic rings. The maximum Gasteiger partial charge on any atom is 0.256 e. The monoisotopic (exact) mass is 362 g/mol. The second-order valence-electron chi connectivity index (χ2n) is 6.23. The maximum atomic E-state index is 12.4. The van der Waals surface area contributed by atoms with Crippen molar-refractivity contribution in [1.29, 1.82) is 0 Å². The van der Waals surface area contributed by atoms with Crippen molar-refractivity contribution in [3.8, 4) is 0 Å². The van der Waals surface area contributed by atoms with E-state index in [2.05, 4.69) is 20.2 Å². The fourth-order valence-electron chi connectivity index (χ4n) is 3.13. The van der Waals surface area contributed by atoms with Crippen LogP contribution < -0.4 is 10.0 Å². The summed E-state index contributed by atoms with van der Waals surface area (Å²) in [5, 5.41) is 9.88. The van der Waals surface area contributed by atoms with Gasteiger partial charge in [-0.2, -0.15) is 5.10 Å². The predicted octanol–water partition coefficient (Wildman–Crippen LogP) is 2.62. The number of anilines is 1. The largest absolute Gasteiger partial charge is 0.305 e. The number of hydrogen-bond acceptors (Lipinski definition) is 4. The van der Waals surface area contributed by atoms with Crippen LogP contribution in [-0.2, 0) is 10.0 Å². The standard InChI is InChI=1S/C17H22N4O3S/c1-18-25(23,24)14-9-5-8-13(10-14)17(22)19-16-11-15(20-21-16)12-6-3-2-4-7-12/h5,8-12,18H,2-4,6-7H2,1H3,(H2,19,20,21,22). The molecule has 0 radical (unpaired) electrons. The van der Waals surface area contributed by atoms with Gasteiger partial charge in [-0.25, -0.2) is 13.1 Å². The van der Waals surface area contributed by atoms with Crippen molar-refractivity contribution in [3.63, 3.8) is 0 Å². The zero-order chi connectivity index (χ0) is 17.9. The SMILES string of the molecule is CNS(=O)(=O)c1cccc(C(=O)Nc2cc(C3CCCCC3)[nH]n2)c1. The molecule has 3 N–H and O–H groups in total. The van der Waals surface area contributed by atoms with Crippen molar-refractivity contribution in [1.82, 2.24) is 14.9 Å². The van der Waals surface area contributed by atoms with Crippen molar-refractivity contribution in [2.75, 3.05) is 12.4 Å². The minimum absolute atomic E-state index is 0.0487. The number of benzene rings is 1. The highest BCUT2D eigenvalue weighted by molar-refractivity contribution is 7.89. The number of aromatic amines is 1. The Morgan fingerprint density at radius 3 is 2.68 bits per heavy atom. The summed E-state index contributed by atoms with van der Waals surface area (Å²) in [6.07, 6.45) is 6.00. The van der Waals surface area contributed by atoms with Crippen molar-refractivity contribution in [3.05, 3.63) is 41.6 Å². The van der Waals surface area contributed by atoms with Crippen LogP contribution in [0, 0.1) is 0 Å². The Balaban J connectivity index is 1.72. The highest BCUT2D eigenvalue weighted by Gasteiger charge is 2.19. The zero-order valence-corrected chi connectivity index (χ0v) is 14.9. The van der Waals surface area contributed by atoms with E-state index in [0.29, 0.717) is 11.7 Å². The molecule has 1 aliphatic carbocycles. The molecule has 1 aromatic carbocycles. The lowest BCUT2D eigenvalue weighted by Gasteiger charge is -2.19. The van der Waals surface area contributed by atoms with Crippen LogP contribution in [0.2, 0.25) is 0 Å². The molecule has 134 valence electrons. The highest BCUT2D eigenvalue weighted by atomic mass is 32.2. The summed E-state index contributed by atoms with van der Waals surface area (Å²) >= 11 is 0. The quantitative estimate of drug-likeness (QED) is 0.760. The summed E-state index contributed by atoms with van der Waals surface area (Å²) < 4.78 is 25.9. The Kier molecular flexibility index (Phi) is 5.19. The second-order valence-corrected chi connectivity index (χ2v) is 8.12. The topological polar surface area (TPSA) is 104 Å².